The van der Waals surface area contributed by atoms with Gasteiger partial charge >= 0.3 is 11.8 Å². The number of nitrogens with zero attached hydrogens (tertiary/aromatic N) is 5. The Labute approximate surface area is 145 Å². The molecule has 25 heavy (non-hydrogen) atoms. The van der Waals surface area contributed by atoms with Crippen molar-refractivity contribution in [1.82, 2.24) is 24.6 Å². The summed E-state index contributed by atoms with van der Waals surface area (Å²) in [5.41, 5.74) is 0.937. The third-order valence-corrected chi connectivity index (χ3v) is 5.81. The third kappa shape index (κ3) is 2.18. The van der Waals surface area contributed by atoms with Gasteiger partial charge in [-0.15, -0.1) is 0 Å². The molecular weight excluding hydrogens is 318 g/mol. The second-order valence-corrected chi connectivity index (χ2v) is 7.36. The van der Waals surface area contributed by atoms with Crippen LogP contribution in [0.15, 0.2) is 36.8 Å². The molecule has 2 aromatic rings. The maximum Gasteiger partial charge on any atom is 0.312 e. The normalized spacial score (nSPS) is 27.9. The first-order chi connectivity index (χ1) is 12.1. The predicted molar refractivity (Wildman–Crippen MR) is 88.6 cm³/mol. The van der Waals surface area contributed by atoms with Crippen LogP contribution in [-0.4, -0.2) is 55.0 Å². The van der Waals surface area contributed by atoms with E-state index >= 15 is 0 Å². The summed E-state index contributed by atoms with van der Waals surface area (Å²) in [5.74, 6) is 0.808. The molecule has 0 spiro atoms. The van der Waals surface area contributed by atoms with Crippen LogP contribution in [0.4, 0.5) is 0 Å². The number of aromatic nitrogens is 3. The lowest BCUT2D eigenvalue weighted by molar-refractivity contribution is -0.186. The Kier molecular flexibility index (Phi) is 3.01. The number of piperazine rings is 1. The van der Waals surface area contributed by atoms with E-state index < -0.39 is 0 Å². The maximum absolute atomic E-state index is 12.5. The molecule has 6 rings (SSSR count). The third-order valence-electron chi connectivity index (χ3n) is 5.81. The molecule has 7 heteroatoms. The van der Waals surface area contributed by atoms with Gasteiger partial charge in [0.05, 0.1) is 0 Å². The molecule has 3 aliphatic carbocycles. The number of rotatable bonds is 4. The van der Waals surface area contributed by atoms with Gasteiger partial charge in [-0.2, -0.15) is 5.10 Å². The van der Waals surface area contributed by atoms with E-state index in [1.54, 1.807) is 22.0 Å². The second-order valence-electron chi connectivity index (χ2n) is 7.36. The quantitative estimate of drug-likeness (QED) is 0.780. The smallest absolute Gasteiger partial charge is 0.312 e. The second kappa shape index (κ2) is 5.15. The molecule has 0 unspecified atom stereocenters. The summed E-state index contributed by atoms with van der Waals surface area (Å²) in [6, 6.07) is 5.63. The predicted octanol–water partition coefficient (Wildman–Crippen LogP) is 0.991. The highest BCUT2D eigenvalue weighted by atomic mass is 16.2. The van der Waals surface area contributed by atoms with Gasteiger partial charge in [0.25, 0.3) is 0 Å². The van der Waals surface area contributed by atoms with Crippen molar-refractivity contribution in [3.05, 3.63) is 42.4 Å². The molecule has 0 radical (unpaired) electrons. The summed E-state index contributed by atoms with van der Waals surface area (Å²) in [5, 5.41) is 4.14. The molecule has 3 heterocycles. The minimum absolute atomic E-state index is 0.0243. The van der Waals surface area contributed by atoms with E-state index in [0.29, 0.717) is 19.6 Å². The van der Waals surface area contributed by atoms with Gasteiger partial charge in [0.2, 0.25) is 0 Å². The Balaban J connectivity index is 1.27. The fourth-order valence-electron chi connectivity index (χ4n) is 4.31. The lowest BCUT2D eigenvalue weighted by Crippen LogP contribution is -2.73. The topological polar surface area (TPSA) is 71.3 Å². The number of carbonyl (C=O) groups is 2. The van der Waals surface area contributed by atoms with Gasteiger partial charge in [0, 0.05) is 43.8 Å². The Morgan fingerprint density at radius 1 is 1.12 bits per heavy atom. The number of pyridine rings is 1. The van der Waals surface area contributed by atoms with Crippen LogP contribution in [0.2, 0.25) is 0 Å². The summed E-state index contributed by atoms with van der Waals surface area (Å²) >= 11 is 0. The lowest BCUT2D eigenvalue weighted by atomic mass is 9.49. The van der Waals surface area contributed by atoms with Gasteiger partial charge in [0.1, 0.15) is 0 Å². The Hall–Kier alpha value is -2.70. The van der Waals surface area contributed by atoms with Crippen molar-refractivity contribution >= 4 is 11.8 Å². The molecule has 3 saturated carbocycles. The van der Waals surface area contributed by atoms with Crippen LogP contribution < -0.4 is 0 Å². The number of hydrogen-bond donors (Lipinski definition) is 0. The Bertz CT molecular complexity index is 813. The molecule has 0 N–H and O–H groups in total. The molecule has 128 valence electrons. The summed E-state index contributed by atoms with van der Waals surface area (Å²) in [6.45, 7) is 1.66. The lowest BCUT2D eigenvalue weighted by Gasteiger charge is -2.66. The monoisotopic (exact) mass is 337 g/mol. The minimum atomic E-state index is -0.382. The number of hydrogen-bond acceptors (Lipinski definition) is 4. The Morgan fingerprint density at radius 2 is 1.96 bits per heavy atom. The molecule has 2 amide bonds. The summed E-state index contributed by atoms with van der Waals surface area (Å²) < 4.78 is 1.68. The van der Waals surface area contributed by atoms with Crippen molar-refractivity contribution in [3.63, 3.8) is 0 Å². The number of carbonyl (C=O) groups excluding carboxylic acids is 2. The van der Waals surface area contributed by atoms with Crippen LogP contribution in [-0.2, 0) is 16.1 Å². The average Bonchev–Trinajstić information content (AvgIpc) is 3.07. The van der Waals surface area contributed by atoms with Gasteiger partial charge in [-0.25, -0.2) is 9.67 Å². The molecule has 2 bridgehead atoms. The van der Waals surface area contributed by atoms with E-state index in [1.165, 1.54) is 0 Å². The first kappa shape index (κ1) is 14.6. The van der Waals surface area contributed by atoms with Crippen molar-refractivity contribution in [2.45, 2.75) is 31.3 Å². The van der Waals surface area contributed by atoms with Crippen molar-refractivity contribution in [2.75, 3.05) is 13.1 Å². The molecule has 4 aliphatic rings. The van der Waals surface area contributed by atoms with Gasteiger partial charge in [-0.1, -0.05) is 6.07 Å². The number of amides is 2. The SMILES string of the molecule is O=C1C(=O)N(C23CC(C2)C3)CCN1Cc1ccc(-n2cccn2)nc1. The fraction of sp³-hybridized carbons (Fsp3) is 0.444. The van der Waals surface area contributed by atoms with Crippen molar-refractivity contribution in [3.8, 4) is 5.82 Å². The summed E-state index contributed by atoms with van der Waals surface area (Å²) in [7, 11) is 0. The zero-order valence-electron chi connectivity index (χ0n) is 13.8. The van der Waals surface area contributed by atoms with Gasteiger partial charge in [0.15, 0.2) is 5.82 Å². The average molecular weight is 337 g/mol. The van der Waals surface area contributed by atoms with Crippen LogP contribution in [0.3, 0.4) is 0 Å². The molecule has 0 atom stereocenters. The van der Waals surface area contributed by atoms with Crippen molar-refractivity contribution in [1.29, 1.82) is 0 Å². The molecular formula is C18H19N5O2. The first-order valence-corrected chi connectivity index (χ1v) is 8.70. The van der Waals surface area contributed by atoms with Crippen LogP contribution in [0.1, 0.15) is 24.8 Å². The standard InChI is InChI=1S/C18H19N5O2/c24-16-17(25)22(18-8-14(9-18)10-18)7-6-21(16)12-13-2-3-15(19-11-13)23-5-1-4-20-23/h1-5,11,14H,6-10,12H2. The van der Waals surface area contributed by atoms with E-state index in [0.717, 1.165) is 36.6 Å². The first-order valence-electron chi connectivity index (χ1n) is 8.70. The molecule has 2 aromatic heterocycles. The van der Waals surface area contributed by atoms with E-state index in [9.17, 15) is 9.59 Å². The van der Waals surface area contributed by atoms with Crippen LogP contribution >= 0.6 is 0 Å². The van der Waals surface area contributed by atoms with Crippen LogP contribution in [0.25, 0.3) is 5.82 Å². The van der Waals surface area contributed by atoms with E-state index in [1.807, 2.05) is 29.3 Å². The Morgan fingerprint density at radius 3 is 2.56 bits per heavy atom. The highest BCUT2D eigenvalue weighted by Gasteiger charge is 2.62. The summed E-state index contributed by atoms with van der Waals surface area (Å²) in [4.78, 5) is 32.9. The van der Waals surface area contributed by atoms with E-state index in [2.05, 4.69) is 10.1 Å². The van der Waals surface area contributed by atoms with E-state index in [-0.39, 0.29) is 17.4 Å². The van der Waals surface area contributed by atoms with Crippen molar-refractivity contribution in [2.24, 2.45) is 5.92 Å². The zero-order valence-corrected chi connectivity index (χ0v) is 13.8. The zero-order chi connectivity index (χ0) is 17.0. The molecule has 4 fully saturated rings. The molecule has 7 nitrogen and oxygen atoms in total. The summed E-state index contributed by atoms with van der Waals surface area (Å²) in [6.07, 6.45) is 8.53. The van der Waals surface area contributed by atoms with E-state index in [4.69, 9.17) is 0 Å². The molecule has 1 saturated heterocycles. The van der Waals surface area contributed by atoms with Crippen LogP contribution in [0, 0.1) is 5.92 Å². The van der Waals surface area contributed by atoms with Gasteiger partial charge in [-0.3, -0.25) is 9.59 Å². The maximum atomic E-state index is 12.5. The van der Waals surface area contributed by atoms with Gasteiger partial charge < -0.3 is 9.80 Å². The minimum Gasteiger partial charge on any atom is -0.328 e. The van der Waals surface area contributed by atoms with Gasteiger partial charge in [-0.05, 0) is 42.9 Å². The highest BCUT2D eigenvalue weighted by molar-refractivity contribution is 6.35. The molecule has 0 aromatic carbocycles. The van der Waals surface area contributed by atoms with Crippen LogP contribution in [0.5, 0.6) is 0 Å². The van der Waals surface area contributed by atoms with Crippen molar-refractivity contribution < 1.29 is 9.59 Å². The molecule has 1 aliphatic heterocycles. The largest absolute Gasteiger partial charge is 0.328 e. The fourth-order valence-corrected chi connectivity index (χ4v) is 4.31. The highest BCUT2D eigenvalue weighted by Crippen LogP contribution is 2.60.